The highest BCUT2D eigenvalue weighted by molar-refractivity contribution is 14.1. The van der Waals surface area contributed by atoms with Gasteiger partial charge in [-0.1, -0.05) is 11.6 Å². The molecule has 52 valence electrons. The zero-order valence-corrected chi connectivity index (χ0v) is 7.64. The number of Topliss-reactive ketones (excluding diaryl/α,β-unsaturated/α-hetero) is 1. The lowest BCUT2D eigenvalue weighted by Crippen LogP contribution is -2.06. The molecule has 0 saturated heterocycles. The first-order valence-corrected chi connectivity index (χ1v) is 3.90. The van der Waals surface area contributed by atoms with Crippen LogP contribution in [-0.4, -0.2) is 11.6 Å². The topological polar surface area (TPSA) is 34.1 Å². The van der Waals surface area contributed by atoms with E-state index in [9.17, 15) is 9.59 Å². The van der Waals surface area contributed by atoms with E-state index in [0.717, 1.165) is 6.08 Å². The van der Waals surface area contributed by atoms with Crippen molar-refractivity contribution in [2.45, 2.75) is 0 Å². The van der Waals surface area contributed by atoms with Crippen LogP contribution < -0.4 is 0 Å². The van der Waals surface area contributed by atoms with Gasteiger partial charge in [0.25, 0.3) is 0 Å². The van der Waals surface area contributed by atoms with Crippen LogP contribution in [0.4, 0.5) is 0 Å². The molecule has 0 heterocycles. The van der Waals surface area contributed by atoms with Gasteiger partial charge in [-0.2, -0.15) is 0 Å². The summed E-state index contributed by atoms with van der Waals surface area (Å²) in [6.07, 6.45) is 2.38. The molecule has 0 bridgehead atoms. The van der Waals surface area contributed by atoms with E-state index >= 15 is 0 Å². The first-order chi connectivity index (χ1) is 4.61. The summed E-state index contributed by atoms with van der Waals surface area (Å²) in [7, 11) is 0. The van der Waals surface area contributed by atoms with Gasteiger partial charge in [0, 0.05) is 12.2 Å². The Hall–Kier alpha value is -0.160. The highest BCUT2D eigenvalue weighted by Crippen LogP contribution is 2.20. The lowest BCUT2D eigenvalue weighted by molar-refractivity contribution is -0.114. The van der Waals surface area contributed by atoms with Crippen LogP contribution in [0, 0.1) is 0 Å². The first-order valence-electron chi connectivity index (χ1n) is 2.44. The van der Waals surface area contributed by atoms with Crippen molar-refractivity contribution >= 4 is 45.8 Å². The Balaban J connectivity index is 3.05. The van der Waals surface area contributed by atoms with E-state index in [1.54, 1.807) is 22.6 Å². The lowest BCUT2D eigenvalue weighted by atomic mass is 10.2. The Morgan fingerprint density at radius 2 is 1.90 bits per heavy atom. The molecule has 0 spiro atoms. The standard InChI is InChI=1S/C6H2ClIO2/c7-4-1-3(9)2-5(8)6(4)10/h1-2H. The Kier molecular flexibility index (Phi) is 2.25. The fraction of sp³-hybridized carbons (Fsp3) is 0. The highest BCUT2D eigenvalue weighted by Gasteiger charge is 2.17. The number of halogens is 2. The smallest absolute Gasteiger partial charge is 0.210 e. The average molecular weight is 268 g/mol. The maximum absolute atomic E-state index is 10.8. The fourth-order valence-corrected chi connectivity index (χ4v) is 1.50. The number of hydrogen-bond acceptors (Lipinski definition) is 2. The fourth-order valence-electron chi connectivity index (χ4n) is 0.537. The number of ketones is 2. The third-order valence-corrected chi connectivity index (χ3v) is 2.05. The second kappa shape index (κ2) is 2.84. The number of carbonyl (C=O) groups excluding carboxylic acids is 2. The van der Waals surface area contributed by atoms with Crippen LogP contribution in [0.25, 0.3) is 0 Å². The summed E-state index contributed by atoms with van der Waals surface area (Å²) >= 11 is 7.18. The quantitative estimate of drug-likeness (QED) is 0.494. The summed E-state index contributed by atoms with van der Waals surface area (Å²) in [5.41, 5.74) is 0. The van der Waals surface area contributed by atoms with E-state index in [0.29, 0.717) is 3.58 Å². The van der Waals surface area contributed by atoms with Gasteiger partial charge in [0.2, 0.25) is 5.78 Å². The zero-order valence-electron chi connectivity index (χ0n) is 4.73. The molecule has 0 radical (unpaired) electrons. The van der Waals surface area contributed by atoms with E-state index in [1.165, 1.54) is 6.08 Å². The summed E-state index contributed by atoms with van der Waals surface area (Å²) in [6.45, 7) is 0. The van der Waals surface area contributed by atoms with Gasteiger partial charge in [-0.25, -0.2) is 0 Å². The minimum atomic E-state index is -0.276. The molecule has 0 aromatic heterocycles. The van der Waals surface area contributed by atoms with Crippen LogP contribution in [-0.2, 0) is 9.59 Å². The molecule has 0 amide bonds. The van der Waals surface area contributed by atoms with Crippen molar-refractivity contribution in [3.63, 3.8) is 0 Å². The predicted octanol–water partition coefficient (Wildman–Crippen LogP) is 1.58. The monoisotopic (exact) mass is 268 g/mol. The van der Waals surface area contributed by atoms with E-state index in [2.05, 4.69) is 0 Å². The van der Waals surface area contributed by atoms with Crippen molar-refractivity contribution in [3.05, 3.63) is 20.8 Å². The van der Waals surface area contributed by atoms with Gasteiger partial charge < -0.3 is 0 Å². The number of carbonyl (C=O) groups is 2. The SMILES string of the molecule is O=C1C=C(Cl)C(=O)C(I)=C1. The number of rotatable bonds is 0. The molecule has 1 aliphatic carbocycles. The highest BCUT2D eigenvalue weighted by atomic mass is 127. The minimum absolute atomic E-state index is 0.00287. The Bertz CT molecular complexity index is 241. The molecule has 2 nitrogen and oxygen atoms in total. The normalized spacial score (nSPS) is 18.6. The van der Waals surface area contributed by atoms with E-state index < -0.39 is 0 Å². The molecule has 0 fully saturated rings. The number of allylic oxidation sites excluding steroid dienone is 4. The molecule has 0 unspecified atom stereocenters. The minimum Gasteiger partial charge on any atom is -0.290 e. The van der Waals surface area contributed by atoms with Crippen molar-refractivity contribution < 1.29 is 9.59 Å². The Labute approximate surface area is 76.1 Å². The van der Waals surface area contributed by atoms with Gasteiger partial charge in [0.15, 0.2) is 5.78 Å². The van der Waals surface area contributed by atoms with Crippen LogP contribution in [0.2, 0.25) is 0 Å². The van der Waals surface area contributed by atoms with Crippen LogP contribution in [0.15, 0.2) is 20.8 Å². The van der Waals surface area contributed by atoms with Gasteiger partial charge in [0.05, 0.1) is 8.61 Å². The van der Waals surface area contributed by atoms with E-state index in [4.69, 9.17) is 11.6 Å². The molecule has 0 aromatic rings. The van der Waals surface area contributed by atoms with E-state index in [-0.39, 0.29) is 16.6 Å². The van der Waals surface area contributed by atoms with Crippen LogP contribution >= 0.6 is 34.2 Å². The molecular weight excluding hydrogens is 266 g/mol. The molecule has 0 aliphatic heterocycles. The molecule has 0 saturated carbocycles. The first kappa shape index (κ1) is 7.94. The molecule has 1 rings (SSSR count). The largest absolute Gasteiger partial charge is 0.290 e. The van der Waals surface area contributed by atoms with Gasteiger partial charge in [-0.3, -0.25) is 9.59 Å². The Morgan fingerprint density at radius 3 is 2.40 bits per heavy atom. The second-order valence-electron chi connectivity index (χ2n) is 1.72. The molecule has 1 aliphatic rings. The van der Waals surface area contributed by atoms with Crippen molar-refractivity contribution in [1.82, 2.24) is 0 Å². The summed E-state index contributed by atoms with van der Waals surface area (Å²) in [5.74, 6) is -0.504. The maximum Gasteiger partial charge on any atom is 0.210 e. The number of hydrogen-bond donors (Lipinski definition) is 0. The third-order valence-electron chi connectivity index (χ3n) is 0.972. The van der Waals surface area contributed by atoms with E-state index in [1.807, 2.05) is 0 Å². The van der Waals surface area contributed by atoms with Crippen LogP contribution in [0.1, 0.15) is 0 Å². The molecule has 0 atom stereocenters. The maximum atomic E-state index is 10.8. The van der Waals surface area contributed by atoms with Crippen molar-refractivity contribution in [3.8, 4) is 0 Å². The van der Waals surface area contributed by atoms with Gasteiger partial charge in [0.1, 0.15) is 0 Å². The van der Waals surface area contributed by atoms with Crippen molar-refractivity contribution in [2.75, 3.05) is 0 Å². The molecule has 0 aromatic carbocycles. The molecular formula is C6H2ClIO2. The summed E-state index contributed by atoms with van der Waals surface area (Å²) in [5, 5.41) is -0.00287. The third kappa shape index (κ3) is 1.46. The van der Waals surface area contributed by atoms with Crippen molar-refractivity contribution in [1.29, 1.82) is 0 Å². The average Bonchev–Trinajstić information content (AvgIpc) is 1.82. The van der Waals surface area contributed by atoms with Crippen molar-refractivity contribution in [2.24, 2.45) is 0 Å². The second-order valence-corrected chi connectivity index (χ2v) is 3.29. The molecule has 4 heteroatoms. The summed E-state index contributed by atoms with van der Waals surface area (Å²) in [4.78, 5) is 21.5. The molecule has 10 heavy (non-hydrogen) atoms. The Morgan fingerprint density at radius 1 is 1.30 bits per heavy atom. The van der Waals surface area contributed by atoms with Gasteiger partial charge in [-0.05, 0) is 22.6 Å². The predicted molar refractivity (Wildman–Crippen MR) is 46.1 cm³/mol. The summed E-state index contributed by atoms with van der Waals surface area (Å²) < 4.78 is 0.370. The molecule has 0 N–H and O–H groups in total. The van der Waals surface area contributed by atoms with Crippen LogP contribution in [0.5, 0.6) is 0 Å². The zero-order chi connectivity index (χ0) is 7.72. The van der Waals surface area contributed by atoms with Gasteiger partial charge in [-0.15, -0.1) is 0 Å². The summed E-state index contributed by atoms with van der Waals surface area (Å²) in [6, 6.07) is 0. The lowest BCUT2D eigenvalue weighted by Gasteiger charge is -2.00. The van der Waals surface area contributed by atoms with Gasteiger partial charge >= 0.3 is 0 Å². The van der Waals surface area contributed by atoms with Crippen LogP contribution in [0.3, 0.4) is 0 Å².